The number of aryl methyl sites for hydroxylation is 1. The Morgan fingerprint density at radius 2 is 1.88 bits per heavy atom. The standard InChI is InChI=1S/C20H22N4O/c1-16(7-8-17-5-3-2-4-6-17)24(15-19-22-13-14-23-19)20(25)18-9-11-21-12-10-18/h2-6,9-14,16H,7-8,15H2,1H3,(H,22,23)/t16-/m0/s1. The van der Waals surface area contributed by atoms with Gasteiger partial charge in [-0.05, 0) is 37.5 Å². The molecule has 0 fully saturated rings. The summed E-state index contributed by atoms with van der Waals surface area (Å²) in [5, 5.41) is 0. The first kappa shape index (κ1) is 16.9. The molecule has 0 saturated heterocycles. The summed E-state index contributed by atoms with van der Waals surface area (Å²) in [5.74, 6) is 0.785. The van der Waals surface area contributed by atoms with Gasteiger partial charge in [0.25, 0.3) is 5.91 Å². The molecule has 0 aliphatic heterocycles. The van der Waals surface area contributed by atoms with Crippen LogP contribution in [0.4, 0.5) is 0 Å². The zero-order chi connectivity index (χ0) is 17.5. The van der Waals surface area contributed by atoms with E-state index in [9.17, 15) is 4.79 Å². The first-order valence-corrected chi connectivity index (χ1v) is 8.47. The second kappa shape index (κ2) is 8.24. The molecule has 0 unspecified atom stereocenters. The summed E-state index contributed by atoms with van der Waals surface area (Å²) in [4.78, 5) is 26.2. The van der Waals surface area contributed by atoms with Crippen LogP contribution in [0.3, 0.4) is 0 Å². The van der Waals surface area contributed by atoms with Crippen LogP contribution in [0.25, 0.3) is 0 Å². The third-order valence-electron chi connectivity index (χ3n) is 4.29. The van der Waals surface area contributed by atoms with Gasteiger partial charge in [0, 0.05) is 36.4 Å². The molecule has 1 amide bonds. The molecule has 0 spiro atoms. The predicted octanol–water partition coefficient (Wildman–Crippen LogP) is 3.47. The molecule has 5 nitrogen and oxygen atoms in total. The smallest absolute Gasteiger partial charge is 0.254 e. The number of nitrogens with one attached hydrogen (secondary N) is 1. The van der Waals surface area contributed by atoms with Crippen LogP contribution in [-0.4, -0.2) is 31.8 Å². The normalized spacial score (nSPS) is 11.9. The summed E-state index contributed by atoms with van der Waals surface area (Å²) in [5.41, 5.74) is 1.93. The Kier molecular flexibility index (Phi) is 5.57. The average Bonchev–Trinajstić information content (AvgIpc) is 3.18. The molecule has 0 bridgehead atoms. The zero-order valence-corrected chi connectivity index (χ0v) is 14.3. The van der Waals surface area contributed by atoms with Gasteiger partial charge in [0.15, 0.2) is 0 Å². The van der Waals surface area contributed by atoms with Gasteiger partial charge in [0.05, 0.1) is 6.54 Å². The Labute approximate surface area is 147 Å². The highest BCUT2D eigenvalue weighted by atomic mass is 16.2. The van der Waals surface area contributed by atoms with Crippen molar-refractivity contribution in [2.24, 2.45) is 0 Å². The molecule has 1 atom stereocenters. The summed E-state index contributed by atoms with van der Waals surface area (Å²) < 4.78 is 0. The number of benzene rings is 1. The minimum absolute atomic E-state index is 0.000591. The van der Waals surface area contributed by atoms with E-state index < -0.39 is 0 Å². The van der Waals surface area contributed by atoms with Gasteiger partial charge in [-0.1, -0.05) is 30.3 Å². The molecule has 0 radical (unpaired) electrons. The topological polar surface area (TPSA) is 61.9 Å². The highest BCUT2D eigenvalue weighted by Crippen LogP contribution is 2.16. The highest BCUT2D eigenvalue weighted by Gasteiger charge is 2.22. The molecule has 128 valence electrons. The van der Waals surface area contributed by atoms with Crippen molar-refractivity contribution in [1.29, 1.82) is 0 Å². The van der Waals surface area contributed by atoms with E-state index in [0.717, 1.165) is 18.7 Å². The molecule has 3 rings (SSSR count). The molecule has 0 aliphatic carbocycles. The van der Waals surface area contributed by atoms with E-state index in [1.807, 2.05) is 23.1 Å². The van der Waals surface area contributed by atoms with E-state index in [0.29, 0.717) is 12.1 Å². The minimum Gasteiger partial charge on any atom is -0.347 e. The van der Waals surface area contributed by atoms with Gasteiger partial charge in [-0.15, -0.1) is 0 Å². The lowest BCUT2D eigenvalue weighted by Gasteiger charge is -2.29. The van der Waals surface area contributed by atoms with Crippen molar-refractivity contribution in [2.75, 3.05) is 0 Å². The molecule has 1 N–H and O–H groups in total. The summed E-state index contributed by atoms with van der Waals surface area (Å²) in [6, 6.07) is 13.9. The molecule has 25 heavy (non-hydrogen) atoms. The summed E-state index contributed by atoms with van der Waals surface area (Å²) >= 11 is 0. The first-order valence-electron chi connectivity index (χ1n) is 8.47. The van der Waals surface area contributed by atoms with Crippen LogP contribution in [0.2, 0.25) is 0 Å². The van der Waals surface area contributed by atoms with Crippen molar-refractivity contribution >= 4 is 5.91 Å². The van der Waals surface area contributed by atoms with Crippen molar-refractivity contribution in [2.45, 2.75) is 32.4 Å². The van der Waals surface area contributed by atoms with Gasteiger partial charge in [0.1, 0.15) is 5.82 Å². The van der Waals surface area contributed by atoms with E-state index in [1.165, 1.54) is 5.56 Å². The number of aromatic nitrogens is 3. The van der Waals surface area contributed by atoms with Crippen LogP contribution in [0.1, 0.15) is 35.1 Å². The maximum absolute atomic E-state index is 13.0. The Morgan fingerprint density at radius 3 is 2.56 bits per heavy atom. The van der Waals surface area contributed by atoms with E-state index in [-0.39, 0.29) is 11.9 Å². The van der Waals surface area contributed by atoms with Crippen LogP contribution < -0.4 is 0 Å². The number of hydrogen-bond acceptors (Lipinski definition) is 3. The van der Waals surface area contributed by atoms with E-state index in [2.05, 4.69) is 34.0 Å². The summed E-state index contributed by atoms with van der Waals surface area (Å²) in [7, 11) is 0. The number of nitrogens with zero attached hydrogens (tertiary/aromatic N) is 3. The average molecular weight is 334 g/mol. The fourth-order valence-corrected chi connectivity index (χ4v) is 2.81. The molecule has 5 heteroatoms. The van der Waals surface area contributed by atoms with Crippen LogP contribution in [-0.2, 0) is 13.0 Å². The number of carbonyl (C=O) groups is 1. The number of rotatable bonds is 7. The number of pyridine rings is 1. The van der Waals surface area contributed by atoms with Crippen LogP contribution in [0, 0.1) is 0 Å². The van der Waals surface area contributed by atoms with Crippen molar-refractivity contribution < 1.29 is 4.79 Å². The quantitative estimate of drug-likeness (QED) is 0.720. The van der Waals surface area contributed by atoms with Crippen LogP contribution in [0.5, 0.6) is 0 Å². The third kappa shape index (κ3) is 4.53. The monoisotopic (exact) mass is 334 g/mol. The summed E-state index contributed by atoms with van der Waals surface area (Å²) in [6.45, 7) is 2.55. The number of hydrogen-bond donors (Lipinski definition) is 1. The van der Waals surface area contributed by atoms with Crippen molar-refractivity contribution in [1.82, 2.24) is 19.9 Å². The van der Waals surface area contributed by atoms with Crippen molar-refractivity contribution in [3.63, 3.8) is 0 Å². The Morgan fingerprint density at radius 1 is 1.12 bits per heavy atom. The highest BCUT2D eigenvalue weighted by molar-refractivity contribution is 5.94. The largest absolute Gasteiger partial charge is 0.347 e. The molecule has 0 saturated carbocycles. The van der Waals surface area contributed by atoms with E-state index >= 15 is 0 Å². The third-order valence-corrected chi connectivity index (χ3v) is 4.29. The Hall–Kier alpha value is -2.95. The second-order valence-electron chi connectivity index (χ2n) is 6.08. The first-order chi connectivity index (χ1) is 12.2. The number of imidazole rings is 1. The number of aromatic amines is 1. The maximum Gasteiger partial charge on any atom is 0.254 e. The summed E-state index contributed by atoms with van der Waals surface area (Å²) in [6.07, 6.45) is 8.60. The molecule has 2 aromatic heterocycles. The Balaban J connectivity index is 1.74. The van der Waals surface area contributed by atoms with Crippen molar-refractivity contribution in [3.05, 3.63) is 84.2 Å². The molecule has 0 aliphatic rings. The molecule has 3 aromatic rings. The maximum atomic E-state index is 13.0. The number of carbonyl (C=O) groups excluding carboxylic acids is 1. The fraction of sp³-hybridized carbons (Fsp3) is 0.250. The Bertz CT molecular complexity index is 772. The number of H-pyrrole nitrogens is 1. The molecule has 1 aromatic carbocycles. The fourth-order valence-electron chi connectivity index (χ4n) is 2.81. The molecular formula is C20H22N4O. The predicted molar refractivity (Wildman–Crippen MR) is 96.9 cm³/mol. The van der Waals surface area contributed by atoms with Gasteiger partial charge in [-0.2, -0.15) is 0 Å². The lowest BCUT2D eigenvalue weighted by atomic mass is 10.0. The van der Waals surface area contributed by atoms with E-state index in [1.54, 1.807) is 36.9 Å². The lowest BCUT2D eigenvalue weighted by molar-refractivity contribution is 0.0662. The van der Waals surface area contributed by atoms with Crippen LogP contribution >= 0.6 is 0 Å². The SMILES string of the molecule is C[C@@H](CCc1ccccc1)N(Cc1ncc[nH]1)C(=O)c1ccncc1. The molecular weight excluding hydrogens is 312 g/mol. The zero-order valence-electron chi connectivity index (χ0n) is 14.3. The second-order valence-corrected chi connectivity index (χ2v) is 6.08. The number of amides is 1. The molecule has 2 heterocycles. The lowest BCUT2D eigenvalue weighted by Crippen LogP contribution is -2.38. The van der Waals surface area contributed by atoms with Crippen molar-refractivity contribution in [3.8, 4) is 0 Å². The van der Waals surface area contributed by atoms with Gasteiger partial charge in [-0.3, -0.25) is 9.78 Å². The van der Waals surface area contributed by atoms with Gasteiger partial charge in [-0.25, -0.2) is 4.98 Å². The van der Waals surface area contributed by atoms with Gasteiger partial charge >= 0.3 is 0 Å². The van der Waals surface area contributed by atoms with Gasteiger partial charge in [0.2, 0.25) is 0 Å². The van der Waals surface area contributed by atoms with E-state index in [4.69, 9.17) is 0 Å². The van der Waals surface area contributed by atoms with Gasteiger partial charge < -0.3 is 9.88 Å². The van der Waals surface area contributed by atoms with Crippen LogP contribution in [0.15, 0.2) is 67.3 Å². The minimum atomic E-state index is -0.000591.